The van der Waals surface area contributed by atoms with Gasteiger partial charge in [0.1, 0.15) is 5.82 Å². The van der Waals surface area contributed by atoms with Crippen LogP contribution in [-0.2, 0) is 4.79 Å². The van der Waals surface area contributed by atoms with Gasteiger partial charge in [0.25, 0.3) is 0 Å². The molecule has 0 spiro atoms. The maximum Gasteiger partial charge on any atom is 0.217 e. The summed E-state index contributed by atoms with van der Waals surface area (Å²) in [5.41, 5.74) is 0.496. The second-order valence-electron chi connectivity index (χ2n) is 2.60. The Morgan fingerprint density at radius 3 is 3.07 bits per heavy atom. The van der Waals surface area contributed by atoms with Gasteiger partial charge in [-0.15, -0.1) is 0 Å². The standard InChI is InChI=1S/C10H9FN2O/c1-8(14)13-4-2-3-9-5-10(11)7-12-6-9/h5-7H,4H2,1H3,(H,13,14). The van der Waals surface area contributed by atoms with Gasteiger partial charge >= 0.3 is 0 Å². The Hall–Kier alpha value is -1.89. The molecule has 1 aromatic heterocycles. The lowest BCUT2D eigenvalue weighted by molar-refractivity contribution is -0.118. The van der Waals surface area contributed by atoms with Gasteiger partial charge in [0, 0.05) is 18.7 Å². The molecule has 0 aliphatic carbocycles. The number of nitrogens with zero attached hydrogens (tertiary/aromatic N) is 1. The zero-order chi connectivity index (χ0) is 10.4. The molecule has 0 aromatic carbocycles. The van der Waals surface area contributed by atoms with E-state index in [0.717, 1.165) is 6.20 Å². The molecule has 0 radical (unpaired) electrons. The zero-order valence-electron chi connectivity index (χ0n) is 7.67. The summed E-state index contributed by atoms with van der Waals surface area (Å²) >= 11 is 0. The Kier molecular flexibility index (Phi) is 3.62. The first kappa shape index (κ1) is 10.2. The smallest absolute Gasteiger partial charge is 0.217 e. The molecule has 0 saturated carbocycles. The van der Waals surface area contributed by atoms with Crippen molar-refractivity contribution in [3.8, 4) is 11.8 Å². The number of nitrogens with one attached hydrogen (secondary N) is 1. The van der Waals surface area contributed by atoms with E-state index in [1.165, 1.54) is 19.2 Å². The van der Waals surface area contributed by atoms with Crippen LogP contribution in [0.1, 0.15) is 12.5 Å². The Balaban J connectivity index is 2.55. The van der Waals surface area contributed by atoms with Crippen LogP contribution >= 0.6 is 0 Å². The molecular weight excluding hydrogens is 183 g/mol. The summed E-state index contributed by atoms with van der Waals surface area (Å²) < 4.78 is 12.6. The third-order valence-electron chi connectivity index (χ3n) is 1.36. The van der Waals surface area contributed by atoms with Gasteiger partial charge in [-0.1, -0.05) is 11.8 Å². The number of halogens is 1. The normalized spacial score (nSPS) is 8.71. The molecule has 1 N–H and O–H groups in total. The number of pyridine rings is 1. The van der Waals surface area contributed by atoms with Gasteiger partial charge in [0.2, 0.25) is 5.91 Å². The van der Waals surface area contributed by atoms with Crippen molar-refractivity contribution in [2.45, 2.75) is 6.92 Å². The zero-order valence-corrected chi connectivity index (χ0v) is 7.67. The number of carbonyl (C=O) groups is 1. The van der Waals surface area contributed by atoms with Crippen molar-refractivity contribution in [3.63, 3.8) is 0 Å². The van der Waals surface area contributed by atoms with Crippen molar-refractivity contribution in [2.75, 3.05) is 6.54 Å². The van der Waals surface area contributed by atoms with E-state index in [-0.39, 0.29) is 12.5 Å². The molecule has 0 bridgehead atoms. The average molecular weight is 192 g/mol. The molecule has 0 aliphatic rings. The minimum atomic E-state index is -0.420. The van der Waals surface area contributed by atoms with E-state index in [1.807, 2.05) is 0 Å². The largest absolute Gasteiger partial charge is 0.345 e. The van der Waals surface area contributed by atoms with Crippen LogP contribution in [-0.4, -0.2) is 17.4 Å². The van der Waals surface area contributed by atoms with Gasteiger partial charge in [-0.05, 0) is 6.07 Å². The van der Waals surface area contributed by atoms with Gasteiger partial charge in [-0.2, -0.15) is 0 Å². The molecule has 0 fully saturated rings. The van der Waals surface area contributed by atoms with Crippen molar-refractivity contribution >= 4 is 5.91 Å². The second kappa shape index (κ2) is 4.97. The fraction of sp³-hybridized carbons (Fsp3) is 0.200. The maximum absolute atomic E-state index is 12.6. The van der Waals surface area contributed by atoms with Gasteiger partial charge in [0.05, 0.1) is 12.7 Å². The van der Waals surface area contributed by atoms with Crippen molar-refractivity contribution < 1.29 is 9.18 Å². The van der Waals surface area contributed by atoms with E-state index in [9.17, 15) is 9.18 Å². The molecule has 4 heteroatoms. The van der Waals surface area contributed by atoms with Crippen LogP contribution in [0.5, 0.6) is 0 Å². The molecule has 1 aromatic rings. The summed E-state index contributed by atoms with van der Waals surface area (Å²) in [6.45, 7) is 1.66. The summed E-state index contributed by atoms with van der Waals surface area (Å²) in [5, 5.41) is 2.50. The van der Waals surface area contributed by atoms with Crippen LogP contribution < -0.4 is 5.32 Å². The van der Waals surface area contributed by atoms with E-state index in [0.29, 0.717) is 5.56 Å². The Bertz CT molecular complexity index is 393. The highest BCUT2D eigenvalue weighted by Gasteiger charge is 1.90. The molecule has 1 amide bonds. The van der Waals surface area contributed by atoms with Gasteiger partial charge in [-0.25, -0.2) is 4.39 Å². The Morgan fingerprint density at radius 2 is 2.43 bits per heavy atom. The first-order valence-electron chi connectivity index (χ1n) is 4.02. The van der Waals surface area contributed by atoms with E-state index in [1.54, 1.807) is 0 Å². The van der Waals surface area contributed by atoms with Crippen LogP contribution in [0, 0.1) is 17.7 Å². The minimum Gasteiger partial charge on any atom is -0.345 e. The first-order valence-corrected chi connectivity index (χ1v) is 4.02. The van der Waals surface area contributed by atoms with E-state index in [4.69, 9.17) is 0 Å². The summed E-state index contributed by atoms with van der Waals surface area (Å²) in [6, 6.07) is 1.29. The average Bonchev–Trinajstić information content (AvgIpc) is 2.12. The molecule has 0 saturated heterocycles. The predicted molar refractivity (Wildman–Crippen MR) is 49.8 cm³/mol. The third-order valence-corrected chi connectivity index (χ3v) is 1.36. The lowest BCUT2D eigenvalue weighted by atomic mass is 10.3. The van der Waals surface area contributed by atoms with Crippen molar-refractivity contribution in [2.24, 2.45) is 0 Å². The lowest BCUT2D eigenvalue weighted by Crippen LogP contribution is -2.19. The van der Waals surface area contributed by atoms with Crippen molar-refractivity contribution in [1.29, 1.82) is 0 Å². The molecule has 1 heterocycles. The number of amides is 1. The highest BCUT2D eigenvalue weighted by molar-refractivity contribution is 5.73. The molecule has 0 aliphatic heterocycles. The van der Waals surface area contributed by atoms with Crippen LogP contribution in [0.3, 0.4) is 0 Å². The summed E-state index contributed by atoms with van der Waals surface area (Å²) in [4.78, 5) is 14.1. The Labute approximate surface area is 81.4 Å². The predicted octanol–water partition coefficient (Wildman–Crippen LogP) is 0.708. The van der Waals surface area contributed by atoms with Gasteiger partial charge < -0.3 is 5.32 Å². The van der Waals surface area contributed by atoms with Crippen LogP contribution in [0.15, 0.2) is 18.5 Å². The summed E-state index contributed by atoms with van der Waals surface area (Å²) in [6.07, 6.45) is 2.57. The maximum atomic E-state index is 12.6. The van der Waals surface area contributed by atoms with Gasteiger partial charge in [-0.3, -0.25) is 9.78 Å². The molecule has 3 nitrogen and oxygen atoms in total. The highest BCUT2D eigenvalue weighted by Crippen LogP contribution is 1.97. The Morgan fingerprint density at radius 1 is 1.64 bits per heavy atom. The summed E-state index contributed by atoms with van der Waals surface area (Å²) in [5.74, 6) is 4.78. The molecular formula is C10H9FN2O. The van der Waals surface area contributed by atoms with Crippen LogP contribution in [0.2, 0.25) is 0 Å². The van der Waals surface area contributed by atoms with Crippen molar-refractivity contribution in [1.82, 2.24) is 10.3 Å². The fourth-order valence-corrected chi connectivity index (χ4v) is 0.795. The van der Waals surface area contributed by atoms with Gasteiger partial charge in [0.15, 0.2) is 0 Å². The SMILES string of the molecule is CC(=O)NCC#Cc1cncc(F)c1. The number of rotatable bonds is 1. The number of aromatic nitrogens is 1. The number of carbonyl (C=O) groups excluding carboxylic acids is 1. The van der Waals surface area contributed by atoms with Crippen LogP contribution in [0.25, 0.3) is 0 Å². The van der Waals surface area contributed by atoms with E-state index >= 15 is 0 Å². The molecule has 14 heavy (non-hydrogen) atoms. The lowest BCUT2D eigenvalue weighted by Gasteiger charge is -1.91. The minimum absolute atomic E-state index is 0.142. The second-order valence-corrected chi connectivity index (χ2v) is 2.60. The fourth-order valence-electron chi connectivity index (χ4n) is 0.795. The first-order chi connectivity index (χ1) is 6.68. The molecule has 1 rings (SSSR count). The van der Waals surface area contributed by atoms with E-state index < -0.39 is 5.82 Å². The molecule has 0 atom stereocenters. The molecule has 0 unspecified atom stereocenters. The number of hydrogen-bond acceptors (Lipinski definition) is 2. The monoisotopic (exact) mass is 192 g/mol. The summed E-state index contributed by atoms with van der Waals surface area (Å²) in [7, 11) is 0. The highest BCUT2D eigenvalue weighted by atomic mass is 19.1. The topological polar surface area (TPSA) is 42.0 Å². The van der Waals surface area contributed by atoms with Crippen molar-refractivity contribution in [3.05, 3.63) is 29.8 Å². The number of hydrogen-bond donors (Lipinski definition) is 1. The third kappa shape index (κ3) is 3.68. The van der Waals surface area contributed by atoms with E-state index in [2.05, 4.69) is 22.1 Å². The quantitative estimate of drug-likeness (QED) is 0.666. The van der Waals surface area contributed by atoms with Crippen LogP contribution in [0.4, 0.5) is 4.39 Å². The molecule has 72 valence electrons.